The molecule has 1 heterocycles. The van der Waals surface area contributed by atoms with Crippen molar-refractivity contribution in [1.82, 2.24) is 14.8 Å². The van der Waals surface area contributed by atoms with Crippen LogP contribution in [0.5, 0.6) is 5.75 Å². The second-order valence-electron chi connectivity index (χ2n) is 7.12. The summed E-state index contributed by atoms with van der Waals surface area (Å²) in [6.45, 7) is 6.89. The van der Waals surface area contributed by atoms with E-state index in [1.165, 1.54) is 11.8 Å². The molecule has 0 spiro atoms. The Balaban J connectivity index is 1.53. The highest BCUT2D eigenvalue weighted by atomic mass is 79.9. The zero-order chi connectivity index (χ0) is 23.8. The predicted molar refractivity (Wildman–Crippen MR) is 139 cm³/mol. The minimum Gasteiger partial charge on any atom is -0.493 e. The van der Waals surface area contributed by atoms with Crippen LogP contribution in [0.15, 0.2) is 58.7 Å². The number of halogens is 3. The highest BCUT2D eigenvalue weighted by Crippen LogP contribution is 2.26. The normalized spacial score (nSPS) is 10.8. The molecule has 0 fully saturated rings. The molecule has 0 aliphatic rings. The summed E-state index contributed by atoms with van der Waals surface area (Å²) in [4.78, 5) is 12.4. The number of aromatic nitrogens is 3. The van der Waals surface area contributed by atoms with Gasteiger partial charge >= 0.3 is 0 Å². The van der Waals surface area contributed by atoms with Gasteiger partial charge in [0.15, 0.2) is 5.16 Å². The molecule has 0 radical (unpaired) electrons. The van der Waals surface area contributed by atoms with Gasteiger partial charge in [0.25, 0.3) is 0 Å². The number of ether oxygens (including phenoxy) is 1. The van der Waals surface area contributed by atoms with Crippen LogP contribution in [-0.4, -0.2) is 33.0 Å². The van der Waals surface area contributed by atoms with Crippen molar-refractivity contribution in [2.24, 2.45) is 0 Å². The number of aryl methyl sites for hydroxylation is 2. The maximum Gasteiger partial charge on any atom is 0.234 e. The number of hydrogen-bond donors (Lipinski definition) is 1. The molecule has 1 aromatic heterocycles. The Morgan fingerprint density at radius 3 is 2.82 bits per heavy atom. The van der Waals surface area contributed by atoms with Crippen molar-refractivity contribution in [1.29, 1.82) is 0 Å². The summed E-state index contributed by atoms with van der Waals surface area (Å²) in [6.07, 6.45) is 3.24. The van der Waals surface area contributed by atoms with Gasteiger partial charge in [-0.25, -0.2) is 0 Å². The summed E-state index contributed by atoms with van der Waals surface area (Å²) in [7, 11) is 0. The number of carbonyl (C=O) groups excluding carboxylic acids is 1. The van der Waals surface area contributed by atoms with Gasteiger partial charge in [0.1, 0.15) is 11.6 Å². The number of carbonyl (C=O) groups is 1. The lowest BCUT2D eigenvalue weighted by Crippen LogP contribution is -2.15. The van der Waals surface area contributed by atoms with Gasteiger partial charge in [-0.15, -0.1) is 16.8 Å². The average molecular weight is 570 g/mol. The van der Waals surface area contributed by atoms with Crippen LogP contribution in [0.3, 0.4) is 0 Å². The number of nitrogens with zero attached hydrogens (tertiary/aromatic N) is 3. The summed E-state index contributed by atoms with van der Waals surface area (Å²) in [5.74, 6) is 1.65. The van der Waals surface area contributed by atoms with Gasteiger partial charge in [0.2, 0.25) is 5.91 Å². The van der Waals surface area contributed by atoms with Crippen LogP contribution < -0.4 is 10.1 Å². The fourth-order valence-corrected chi connectivity index (χ4v) is 4.73. The first-order chi connectivity index (χ1) is 15.9. The van der Waals surface area contributed by atoms with Crippen molar-refractivity contribution >= 4 is 62.5 Å². The third kappa shape index (κ3) is 7.50. The van der Waals surface area contributed by atoms with Crippen LogP contribution in [0.1, 0.15) is 17.8 Å². The third-order valence-electron chi connectivity index (χ3n) is 4.58. The lowest BCUT2D eigenvalue weighted by molar-refractivity contribution is -0.113. The summed E-state index contributed by atoms with van der Waals surface area (Å²) in [5, 5.41) is 13.2. The Kier molecular flexibility index (Phi) is 9.67. The molecular weight excluding hydrogens is 547 g/mol. The zero-order valence-electron chi connectivity index (χ0n) is 18.0. The lowest BCUT2D eigenvalue weighted by atomic mass is 10.2. The number of amides is 1. The molecule has 0 atom stereocenters. The maximum atomic E-state index is 12.4. The number of hydrogen-bond acceptors (Lipinski definition) is 5. The third-order valence-corrected chi connectivity index (χ3v) is 6.59. The van der Waals surface area contributed by atoms with Gasteiger partial charge in [-0.1, -0.05) is 57.0 Å². The highest BCUT2D eigenvalue weighted by molar-refractivity contribution is 9.10. The smallest absolute Gasteiger partial charge is 0.234 e. The molecule has 2 aromatic carbocycles. The Labute approximate surface area is 215 Å². The van der Waals surface area contributed by atoms with Crippen molar-refractivity contribution in [2.75, 3.05) is 17.7 Å². The van der Waals surface area contributed by atoms with Gasteiger partial charge < -0.3 is 14.6 Å². The number of anilines is 1. The SMILES string of the molecule is C=CCn1c(CCCOc2ccc(Cl)cc2C)nnc1SCC(=O)Nc1ccc(Br)cc1Cl. The van der Waals surface area contributed by atoms with Crippen molar-refractivity contribution in [3.8, 4) is 5.75 Å². The van der Waals surface area contributed by atoms with Crippen molar-refractivity contribution < 1.29 is 9.53 Å². The molecule has 174 valence electrons. The number of rotatable bonds is 11. The van der Waals surface area contributed by atoms with Gasteiger partial charge in [-0.2, -0.15) is 0 Å². The monoisotopic (exact) mass is 568 g/mol. The summed E-state index contributed by atoms with van der Waals surface area (Å²) in [6, 6.07) is 10.9. The Hall–Kier alpha value is -2.00. The average Bonchev–Trinajstić information content (AvgIpc) is 3.15. The quantitative estimate of drug-likeness (QED) is 0.160. The number of benzene rings is 2. The predicted octanol–water partition coefficient (Wildman–Crippen LogP) is 6.58. The molecule has 0 saturated carbocycles. The standard InChI is InChI=1S/C23H23BrCl2N4O2S/c1-3-10-30-21(5-4-11-32-20-9-7-17(25)12-15(20)2)28-29-23(30)33-14-22(31)27-19-8-6-16(24)13-18(19)26/h3,6-9,12-13H,1,4-5,10-11,14H2,2H3,(H,27,31). The molecule has 3 aromatic rings. The van der Waals surface area contributed by atoms with Crippen LogP contribution in [-0.2, 0) is 17.8 Å². The molecule has 0 aliphatic heterocycles. The fraction of sp³-hybridized carbons (Fsp3) is 0.261. The van der Waals surface area contributed by atoms with Crippen molar-refractivity contribution in [3.05, 3.63) is 75.0 Å². The van der Waals surface area contributed by atoms with E-state index in [2.05, 4.69) is 38.0 Å². The maximum absolute atomic E-state index is 12.4. The van der Waals surface area contributed by atoms with Gasteiger partial charge in [-0.05, 0) is 55.3 Å². The molecule has 0 aliphatic carbocycles. The van der Waals surface area contributed by atoms with Crippen LogP contribution in [0.2, 0.25) is 10.0 Å². The summed E-state index contributed by atoms with van der Waals surface area (Å²) < 4.78 is 8.67. The molecule has 0 saturated heterocycles. The molecule has 1 amide bonds. The molecule has 10 heteroatoms. The van der Waals surface area contributed by atoms with E-state index in [0.717, 1.165) is 28.0 Å². The summed E-state index contributed by atoms with van der Waals surface area (Å²) in [5.41, 5.74) is 1.56. The lowest BCUT2D eigenvalue weighted by Gasteiger charge is -2.10. The molecule has 0 unspecified atom stereocenters. The number of thioether (sulfide) groups is 1. The molecule has 6 nitrogen and oxygen atoms in total. The second kappa shape index (κ2) is 12.5. The van der Waals surface area contributed by atoms with Gasteiger partial charge in [-0.3, -0.25) is 4.79 Å². The zero-order valence-corrected chi connectivity index (χ0v) is 21.9. The Morgan fingerprint density at radius 1 is 1.27 bits per heavy atom. The van der Waals surface area contributed by atoms with Crippen LogP contribution >= 0.6 is 50.9 Å². The molecule has 33 heavy (non-hydrogen) atoms. The fourth-order valence-electron chi connectivity index (χ4n) is 3.02. The largest absolute Gasteiger partial charge is 0.493 e. The molecule has 1 N–H and O–H groups in total. The molecule has 0 bridgehead atoms. The van der Waals surface area contributed by atoms with E-state index < -0.39 is 0 Å². The van der Waals surface area contributed by atoms with E-state index in [1.54, 1.807) is 18.2 Å². The van der Waals surface area contributed by atoms with E-state index in [-0.39, 0.29) is 11.7 Å². The number of allylic oxidation sites excluding steroid dienone is 1. The minimum absolute atomic E-state index is 0.175. The topological polar surface area (TPSA) is 69.0 Å². The molecular formula is C23H23BrCl2N4O2S. The van der Waals surface area contributed by atoms with E-state index in [4.69, 9.17) is 27.9 Å². The van der Waals surface area contributed by atoms with Crippen LogP contribution in [0, 0.1) is 6.92 Å². The minimum atomic E-state index is -0.175. The number of nitrogens with one attached hydrogen (secondary N) is 1. The van der Waals surface area contributed by atoms with Crippen LogP contribution in [0.25, 0.3) is 0 Å². The summed E-state index contributed by atoms with van der Waals surface area (Å²) >= 11 is 16.8. The first-order valence-corrected chi connectivity index (χ1v) is 12.7. The second-order valence-corrected chi connectivity index (χ2v) is 9.82. The van der Waals surface area contributed by atoms with Gasteiger partial charge in [0, 0.05) is 22.5 Å². The van der Waals surface area contributed by atoms with Crippen molar-refractivity contribution in [2.45, 2.75) is 31.5 Å². The highest BCUT2D eigenvalue weighted by Gasteiger charge is 2.14. The van der Waals surface area contributed by atoms with E-state index in [9.17, 15) is 4.79 Å². The first-order valence-electron chi connectivity index (χ1n) is 10.2. The first kappa shape index (κ1) is 25.6. The van der Waals surface area contributed by atoms with Gasteiger partial charge in [0.05, 0.1) is 23.1 Å². The van der Waals surface area contributed by atoms with Crippen LogP contribution in [0.4, 0.5) is 5.69 Å². The molecule has 3 rings (SSSR count). The van der Waals surface area contributed by atoms with Crippen molar-refractivity contribution in [3.63, 3.8) is 0 Å². The van der Waals surface area contributed by atoms with E-state index in [1.807, 2.05) is 35.8 Å². The Morgan fingerprint density at radius 2 is 2.09 bits per heavy atom. The Bertz CT molecular complexity index is 1140. The van der Waals surface area contributed by atoms with E-state index >= 15 is 0 Å². The van der Waals surface area contributed by atoms with E-state index in [0.29, 0.717) is 40.5 Å².